The summed E-state index contributed by atoms with van der Waals surface area (Å²) in [6.07, 6.45) is 1.90. The van der Waals surface area contributed by atoms with Gasteiger partial charge in [0, 0.05) is 17.1 Å². The number of likely N-dealkylation sites (tertiary alicyclic amines) is 1. The number of fused-ring (bicyclic) bond motifs is 1. The number of hydrogen-bond donors (Lipinski definition) is 0. The Balaban J connectivity index is 1.23. The summed E-state index contributed by atoms with van der Waals surface area (Å²) in [5.74, 6) is 2.20. The predicted molar refractivity (Wildman–Crippen MR) is 117 cm³/mol. The Labute approximate surface area is 188 Å². The van der Waals surface area contributed by atoms with Crippen LogP contribution in [-0.4, -0.2) is 46.5 Å². The standard InChI is InChI=1S/C22H20ClN3O4S/c23-16-6-3-14(4-7-16)21-24-25-22(30-21)31-13-20(27)26-9-1-2-17(26)15-5-8-18-19(12-15)29-11-10-28-18/h3-8,12,17H,1-2,9-11,13H2. The van der Waals surface area contributed by atoms with Crippen molar-refractivity contribution < 1.29 is 18.7 Å². The molecular weight excluding hydrogens is 438 g/mol. The maximum absolute atomic E-state index is 13.0. The highest BCUT2D eigenvalue weighted by Crippen LogP contribution is 2.38. The predicted octanol–water partition coefficient (Wildman–Crippen LogP) is 4.62. The van der Waals surface area contributed by atoms with E-state index in [-0.39, 0.29) is 17.7 Å². The van der Waals surface area contributed by atoms with Gasteiger partial charge >= 0.3 is 0 Å². The molecule has 9 heteroatoms. The molecule has 1 unspecified atom stereocenters. The quantitative estimate of drug-likeness (QED) is 0.517. The largest absolute Gasteiger partial charge is 0.486 e. The first-order valence-electron chi connectivity index (χ1n) is 10.1. The molecule has 1 aromatic heterocycles. The summed E-state index contributed by atoms with van der Waals surface area (Å²) in [4.78, 5) is 14.9. The van der Waals surface area contributed by atoms with Crippen molar-refractivity contribution in [2.75, 3.05) is 25.5 Å². The van der Waals surface area contributed by atoms with Crippen LogP contribution in [-0.2, 0) is 4.79 Å². The van der Waals surface area contributed by atoms with E-state index in [9.17, 15) is 4.79 Å². The normalized spacial score (nSPS) is 17.7. The molecule has 0 N–H and O–H groups in total. The lowest BCUT2D eigenvalue weighted by Crippen LogP contribution is -2.32. The van der Waals surface area contributed by atoms with Crippen LogP contribution in [0.1, 0.15) is 24.4 Å². The minimum Gasteiger partial charge on any atom is -0.486 e. The maximum atomic E-state index is 13.0. The van der Waals surface area contributed by atoms with Crippen LogP contribution in [0, 0.1) is 0 Å². The molecule has 0 bridgehead atoms. The van der Waals surface area contributed by atoms with Crippen LogP contribution in [0.2, 0.25) is 5.02 Å². The van der Waals surface area contributed by atoms with Gasteiger partial charge in [0.2, 0.25) is 11.8 Å². The van der Waals surface area contributed by atoms with Crippen molar-refractivity contribution in [3.63, 3.8) is 0 Å². The van der Waals surface area contributed by atoms with Crippen LogP contribution in [0.3, 0.4) is 0 Å². The maximum Gasteiger partial charge on any atom is 0.277 e. The van der Waals surface area contributed by atoms with Gasteiger partial charge in [0.25, 0.3) is 5.22 Å². The summed E-state index contributed by atoms with van der Waals surface area (Å²) in [5.41, 5.74) is 1.86. The summed E-state index contributed by atoms with van der Waals surface area (Å²) in [7, 11) is 0. The highest BCUT2D eigenvalue weighted by atomic mass is 35.5. The molecule has 2 aliphatic heterocycles. The number of ether oxygens (including phenoxy) is 2. The van der Waals surface area contributed by atoms with Gasteiger partial charge in [-0.2, -0.15) is 0 Å². The third-order valence-electron chi connectivity index (χ3n) is 5.34. The van der Waals surface area contributed by atoms with E-state index in [0.717, 1.165) is 42.0 Å². The lowest BCUT2D eigenvalue weighted by Gasteiger charge is -2.26. The third kappa shape index (κ3) is 4.36. The first-order valence-corrected chi connectivity index (χ1v) is 11.4. The van der Waals surface area contributed by atoms with E-state index in [2.05, 4.69) is 10.2 Å². The van der Waals surface area contributed by atoms with Crippen LogP contribution in [0.25, 0.3) is 11.5 Å². The molecule has 2 aliphatic rings. The van der Waals surface area contributed by atoms with Gasteiger partial charge in [-0.3, -0.25) is 4.79 Å². The number of nitrogens with zero attached hydrogens (tertiary/aromatic N) is 3. The fraction of sp³-hybridized carbons (Fsp3) is 0.318. The second-order valence-electron chi connectivity index (χ2n) is 7.32. The Hall–Kier alpha value is -2.71. The van der Waals surface area contributed by atoms with E-state index in [0.29, 0.717) is 29.3 Å². The number of carbonyl (C=O) groups is 1. The van der Waals surface area contributed by atoms with E-state index in [1.165, 1.54) is 11.8 Å². The van der Waals surface area contributed by atoms with Crippen LogP contribution in [0.4, 0.5) is 0 Å². The zero-order chi connectivity index (χ0) is 21.2. The average Bonchev–Trinajstić information content (AvgIpc) is 3.48. The number of rotatable bonds is 5. The Kier molecular flexibility index (Phi) is 5.74. The number of carbonyl (C=O) groups excluding carboxylic acids is 1. The average molecular weight is 458 g/mol. The highest BCUT2D eigenvalue weighted by molar-refractivity contribution is 7.99. The molecule has 3 aromatic rings. The van der Waals surface area contributed by atoms with E-state index in [1.807, 2.05) is 35.2 Å². The van der Waals surface area contributed by atoms with Crippen molar-refractivity contribution >= 4 is 29.3 Å². The Bertz CT molecular complexity index is 1090. The third-order valence-corrected chi connectivity index (χ3v) is 6.40. The van der Waals surface area contributed by atoms with Crippen molar-refractivity contribution in [1.29, 1.82) is 0 Å². The van der Waals surface area contributed by atoms with Gasteiger partial charge in [-0.1, -0.05) is 29.4 Å². The number of amides is 1. The molecular formula is C22H20ClN3O4S. The van der Waals surface area contributed by atoms with Gasteiger partial charge in [-0.25, -0.2) is 0 Å². The first-order chi connectivity index (χ1) is 15.2. The van der Waals surface area contributed by atoms with Crippen molar-refractivity contribution in [1.82, 2.24) is 15.1 Å². The molecule has 1 amide bonds. The van der Waals surface area contributed by atoms with Gasteiger partial charge in [-0.15, -0.1) is 10.2 Å². The fourth-order valence-corrected chi connectivity index (χ4v) is 4.64. The Morgan fingerprint density at radius 3 is 2.74 bits per heavy atom. The molecule has 31 heavy (non-hydrogen) atoms. The smallest absolute Gasteiger partial charge is 0.277 e. The molecule has 0 radical (unpaired) electrons. The Morgan fingerprint density at radius 2 is 1.90 bits per heavy atom. The van der Waals surface area contributed by atoms with Crippen molar-refractivity contribution in [2.45, 2.75) is 24.1 Å². The minimum atomic E-state index is 0.0382. The summed E-state index contributed by atoms with van der Waals surface area (Å²) in [6, 6.07) is 13.1. The zero-order valence-corrected chi connectivity index (χ0v) is 18.2. The number of thioether (sulfide) groups is 1. The lowest BCUT2D eigenvalue weighted by molar-refractivity contribution is -0.129. The molecule has 160 valence electrons. The molecule has 1 saturated heterocycles. The summed E-state index contributed by atoms with van der Waals surface area (Å²) >= 11 is 7.17. The minimum absolute atomic E-state index is 0.0382. The SMILES string of the molecule is O=C(CSc1nnc(-c2ccc(Cl)cc2)o1)N1CCCC1c1ccc2c(c1)OCCO2. The van der Waals surface area contributed by atoms with E-state index >= 15 is 0 Å². The molecule has 7 nitrogen and oxygen atoms in total. The van der Waals surface area contributed by atoms with Crippen molar-refractivity contribution in [2.24, 2.45) is 0 Å². The van der Waals surface area contributed by atoms with Gasteiger partial charge in [0.05, 0.1) is 11.8 Å². The molecule has 1 atom stereocenters. The van der Waals surface area contributed by atoms with Crippen LogP contribution in [0.5, 0.6) is 11.5 Å². The Morgan fingerprint density at radius 1 is 1.10 bits per heavy atom. The van der Waals surface area contributed by atoms with E-state index in [1.54, 1.807) is 12.1 Å². The van der Waals surface area contributed by atoms with Crippen LogP contribution >= 0.6 is 23.4 Å². The fourth-order valence-electron chi connectivity index (χ4n) is 3.86. The van der Waals surface area contributed by atoms with Crippen molar-refractivity contribution in [3.8, 4) is 23.0 Å². The molecule has 0 spiro atoms. The number of benzene rings is 2. The summed E-state index contributed by atoms with van der Waals surface area (Å²) in [5, 5.41) is 9.12. The molecule has 2 aromatic carbocycles. The number of aromatic nitrogens is 2. The molecule has 5 rings (SSSR count). The summed E-state index contributed by atoms with van der Waals surface area (Å²) < 4.78 is 17.0. The van der Waals surface area contributed by atoms with Crippen LogP contribution in [0.15, 0.2) is 52.1 Å². The van der Waals surface area contributed by atoms with Gasteiger partial charge in [-0.05, 0) is 54.8 Å². The number of hydrogen-bond acceptors (Lipinski definition) is 7. The van der Waals surface area contributed by atoms with Crippen LogP contribution < -0.4 is 9.47 Å². The van der Waals surface area contributed by atoms with Gasteiger partial charge < -0.3 is 18.8 Å². The van der Waals surface area contributed by atoms with E-state index in [4.69, 9.17) is 25.5 Å². The first kappa shape index (κ1) is 20.2. The number of halogens is 1. The highest BCUT2D eigenvalue weighted by Gasteiger charge is 2.31. The van der Waals surface area contributed by atoms with Crippen molar-refractivity contribution in [3.05, 3.63) is 53.1 Å². The molecule has 3 heterocycles. The second kappa shape index (κ2) is 8.80. The van der Waals surface area contributed by atoms with Gasteiger partial charge in [0.1, 0.15) is 13.2 Å². The lowest BCUT2D eigenvalue weighted by atomic mass is 10.0. The topological polar surface area (TPSA) is 77.7 Å². The molecule has 1 fully saturated rings. The molecule has 0 saturated carbocycles. The summed E-state index contributed by atoms with van der Waals surface area (Å²) in [6.45, 7) is 1.84. The van der Waals surface area contributed by atoms with E-state index < -0.39 is 0 Å². The monoisotopic (exact) mass is 457 g/mol. The zero-order valence-electron chi connectivity index (χ0n) is 16.6. The van der Waals surface area contributed by atoms with Gasteiger partial charge in [0.15, 0.2) is 11.5 Å². The molecule has 0 aliphatic carbocycles. The second-order valence-corrected chi connectivity index (χ2v) is 8.68.